The third-order valence-electron chi connectivity index (χ3n) is 2.25. The van der Waals surface area contributed by atoms with Crippen molar-refractivity contribution in [3.8, 4) is 5.75 Å². The molecule has 1 rings (SSSR count). The molecule has 0 bridgehead atoms. The minimum Gasteiger partial charge on any atom is -0.495 e. The molecular weight excluding hydrogens is 234 g/mol. The van der Waals surface area contributed by atoms with E-state index in [0.29, 0.717) is 11.4 Å². The highest BCUT2D eigenvalue weighted by molar-refractivity contribution is 5.92. The van der Waals surface area contributed by atoms with E-state index in [1.807, 2.05) is 0 Å². The quantitative estimate of drug-likeness (QED) is 0.347. The molecule has 0 fully saturated rings. The first-order chi connectivity index (χ1) is 8.65. The lowest BCUT2D eigenvalue weighted by atomic mass is 10.2. The van der Waals surface area contributed by atoms with Gasteiger partial charge in [0.2, 0.25) is 0 Å². The molecule has 0 radical (unpaired) electrons. The Hall–Kier alpha value is -2.21. The molecule has 0 saturated carbocycles. The van der Waals surface area contributed by atoms with Gasteiger partial charge in [0.25, 0.3) is 0 Å². The number of nitrogens with two attached hydrogens (primary N) is 2. The standard InChI is InChI=1S/C12H17N3O3/c1-3-18-12(16)10(8-13)15(14)9-6-4-5-7-11(9)17-2/h4-8H,3,13-14H2,1-2H3/b10-8-. The van der Waals surface area contributed by atoms with Gasteiger partial charge >= 0.3 is 5.97 Å². The molecule has 0 aliphatic rings. The van der Waals surface area contributed by atoms with Gasteiger partial charge in [-0.25, -0.2) is 10.6 Å². The van der Waals surface area contributed by atoms with E-state index in [4.69, 9.17) is 21.1 Å². The Morgan fingerprint density at radius 2 is 2.11 bits per heavy atom. The molecule has 1 aromatic carbocycles. The van der Waals surface area contributed by atoms with E-state index in [1.165, 1.54) is 7.11 Å². The molecular formula is C12H17N3O3. The molecule has 0 spiro atoms. The first-order valence-electron chi connectivity index (χ1n) is 5.42. The molecule has 0 atom stereocenters. The number of anilines is 1. The van der Waals surface area contributed by atoms with E-state index in [-0.39, 0.29) is 12.3 Å². The van der Waals surface area contributed by atoms with Crippen molar-refractivity contribution >= 4 is 11.7 Å². The highest BCUT2D eigenvalue weighted by Gasteiger charge is 2.19. The number of hydrogen-bond donors (Lipinski definition) is 2. The molecule has 0 aliphatic carbocycles. The van der Waals surface area contributed by atoms with E-state index in [1.54, 1.807) is 31.2 Å². The van der Waals surface area contributed by atoms with Crippen molar-refractivity contribution < 1.29 is 14.3 Å². The van der Waals surface area contributed by atoms with Gasteiger partial charge < -0.3 is 15.2 Å². The molecule has 98 valence electrons. The average Bonchev–Trinajstić information content (AvgIpc) is 2.39. The van der Waals surface area contributed by atoms with Gasteiger partial charge in [0.1, 0.15) is 5.75 Å². The lowest BCUT2D eigenvalue weighted by molar-refractivity contribution is -0.138. The summed E-state index contributed by atoms with van der Waals surface area (Å²) in [4.78, 5) is 11.7. The molecule has 6 heteroatoms. The van der Waals surface area contributed by atoms with Crippen molar-refractivity contribution in [1.29, 1.82) is 0 Å². The summed E-state index contributed by atoms with van der Waals surface area (Å²) in [5.41, 5.74) is 5.97. The molecule has 6 nitrogen and oxygen atoms in total. The number of ether oxygens (including phenoxy) is 2. The number of methoxy groups -OCH3 is 1. The van der Waals surface area contributed by atoms with Crippen LogP contribution in [-0.2, 0) is 9.53 Å². The van der Waals surface area contributed by atoms with Crippen molar-refractivity contribution in [3.05, 3.63) is 36.2 Å². The lowest BCUT2D eigenvalue weighted by Crippen LogP contribution is -2.35. The van der Waals surface area contributed by atoms with Crippen LogP contribution < -0.4 is 21.3 Å². The van der Waals surface area contributed by atoms with Crippen molar-refractivity contribution in [1.82, 2.24) is 0 Å². The Balaban J connectivity index is 3.04. The first-order valence-corrected chi connectivity index (χ1v) is 5.42. The lowest BCUT2D eigenvalue weighted by Gasteiger charge is -2.21. The smallest absolute Gasteiger partial charge is 0.357 e. The number of carbonyl (C=O) groups is 1. The molecule has 0 aromatic heterocycles. The zero-order chi connectivity index (χ0) is 13.5. The number of esters is 1. The van der Waals surface area contributed by atoms with Gasteiger partial charge in [-0.2, -0.15) is 0 Å². The second-order valence-corrected chi connectivity index (χ2v) is 3.31. The van der Waals surface area contributed by atoms with E-state index < -0.39 is 5.97 Å². The monoisotopic (exact) mass is 251 g/mol. The molecule has 18 heavy (non-hydrogen) atoms. The van der Waals surface area contributed by atoms with Crippen LogP contribution in [0.4, 0.5) is 5.69 Å². The normalized spacial score (nSPS) is 10.9. The summed E-state index contributed by atoms with van der Waals surface area (Å²) in [6.45, 7) is 1.95. The van der Waals surface area contributed by atoms with Crippen LogP contribution in [0, 0.1) is 0 Å². The summed E-state index contributed by atoms with van der Waals surface area (Å²) >= 11 is 0. The number of carbonyl (C=O) groups excluding carboxylic acids is 1. The number of benzene rings is 1. The molecule has 0 aliphatic heterocycles. The van der Waals surface area contributed by atoms with Crippen LogP contribution >= 0.6 is 0 Å². The van der Waals surface area contributed by atoms with E-state index >= 15 is 0 Å². The van der Waals surface area contributed by atoms with Crippen molar-refractivity contribution in [3.63, 3.8) is 0 Å². The fourth-order valence-electron chi connectivity index (χ4n) is 1.41. The third-order valence-corrected chi connectivity index (χ3v) is 2.25. The number of hydrogen-bond acceptors (Lipinski definition) is 6. The number of rotatable bonds is 5. The third kappa shape index (κ3) is 2.92. The van der Waals surface area contributed by atoms with Crippen LogP contribution in [0.3, 0.4) is 0 Å². The maximum absolute atomic E-state index is 11.7. The number of para-hydroxylation sites is 2. The summed E-state index contributed by atoms with van der Waals surface area (Å²) in [6, 6.07) is 7.01. The second-order valence-electron chi connectivity index (χ2n) is 3.31. The van der Waals surface area contributed by atoms with Gasteiger partial charge in [-0.3, -0.25) is 5.01 Å². The molecule has 4 N–H and O–H groups in total. The Kier molecular flexibility index (Phi) is 5.01. The topological polar surface area (TPSA) is 90.8 Å². The molecule has 0 heterocycles. The Morgan fingerprint density at radius 1 is 1.44 bits per heavy atom. The van der Waals surface area contributed by atoms with Gasteiger partial charge in [0.05, 0.1) is 19.4 Å². The summed E-state index contributed by atoms with van der Waals surface area (Å²) in [5, 5.41) is 1.14. The van der Waals surface area contributed by atoms with Crippen molar-refractivity contribution in [2.45, 2.75) is 6.92 Å². The number of hydrazine groups is 1. The highest BCUT2D eigenvalue weighted by atomic mass is 16.5. The maximum Gasteiger partial charge on any atom is 0.357 e. The van der Waals surface area contributed by atoms with E-state index in [9.17, 15) is 4.79 Å². The predicted octanol–water partition coefficient (Wildman–Crippen LogP) is 0.739. The summed E-state index contributed by atoms with van der Waals surface area (Å²) in [5.74, 6) is 5.80. The van der Waals surface area contributed by atoms with Crippen LogP contribution in [-0.4, -0.2) is 19.7 Å². The fraction of sp³-hybridized carbons (Fsp3) is 0.250. The molecule has 1 aromatic rings. The summed E-state index contributed by atoms with van der Waals surface area (Å²) in [6.07, 6.45) is 1.10. The zero-order valence-electron chi connectivity index (χ0n) is 10.4. The molecule has 0 unspecified atom stereocenters. The molecule has 0 saturated heterocycles. The van der Waals surface area contributed by atoms with Crippen molar-refractivity contribution in [2.24, 2.45) is 11.6 Å². The summed E-state index contributed by atoms with van der Waals surface area (Å²) < 4.78 is 10.0. The largest absolute Gasteiger partial charge is 0.495 e. The molecule has 0 amide bonds. The zero-order valence-corrected chi connectivity index (χ0v) is 10.4. The van der Waals surface area contributed by atoms with E-state index in [0.717, 1.165) is 11.2 Å². The Morgan fingerprint density at radius 3 is 2.67 bits per heavy atom. The average molecular weight is 251 g/mol. The van der Waals surface area contributed by atoms with Gasteiger partial charge in [0, 0.05) is 6.20 Å². The van der Waals surface area contributed by atoms with Crippen LogP contribution in [0.15, 0.2) is 36.2 Å². The van der Waals surface area contributed by atoms with Crippen LogP contribution in [0.2, 0.25) is 0 Å². The van der Waals surface area contributed by atoms with Gasteiger partial charge in [-0.1, -0.05) is 12.1 Å². The maximum atomic E-state index is 11.7. The SMILES string of the molecule is CCOC(=O)/C(=C/N)N(N)c1ccccc1OC. The predicted molar refractivity (Wildman–Crippen MR) is 68.6 cm³/mol. The van der Waals surface area contributed by atoms with Gasteiger partial charge in [-0.15, -0.1) is 0 Å². The highest BCUT2D eigenvalue weighted by Crippen LogP contribution is 2.27. The minimum absolute atomic E-state index is 0.0429. The van der Waals surface area contributed by atoms with E-state index in [2.05, 4.69) is 0 Å². The van der Waals surface area contributed by atoms with Crippen molar-refractivity contribution in [2.75, 3.05) is 18.7 Å². The summed E-state index contributed by atoms with van der Waals surface area (Å²) in [7, 11) is 1.52. The van der Waals surface area contributed by atoms with Crippen LogP contribution in [0.1, 0.15) is 6.92 Å². The first kappa shape index (κ1) is 13.9. The van der Waals surface area contributed by atoms with Gasteiger partial charge in [-0.05, 0) is 19.1 Å². The van der Waals surface area contributed by atoms with Crippen LogP contribution in [0.5, 0.6) is 5.75 Å². The van der Waals surface area contributed by atoms with Crippen LogP contribution in [0.25, 0.3) is 0 Å². The Labute approximate surface area is 106 Å². The fourth-order valence-corrected chi connectivity index (χ4v) is 1.41. The minimum atomic E-state index is -0.589. The Bertz CT molecular complexity index is 446. The van der Waals surface area contributed by atoms with Gasteiger partial charge in [0.15, 0.2) is 5.70 Å². The number of nitrogens with zero attached hydrogens (tertiary/aromatic N) is 1. The second kappa shape index (κ2) is 6.51.